The van der Waals surface area contributed by atoms with E-state index in [2.05, 4.69) is 22.5 Å². The Bertz CT molecular complexity index is 571. The van der Waals surface area contributed by atoms with E-state index >= 15 is 0 Å². The van der Waals surface area contributed by atoms with Gasteiger partial charge in [-0.2, -0.15) is 0 Å². The molecule has 1 aromatic heterocycles. The third-order valence-electron chi connectivity index (χ3n) is 2.96. The lowest BCUT2D eigenvalue weighted by Gasteiger charge is -2.16. The summed E-state index contributed by atoms with van der Waals surface area (Å²) >= 11 is 1.47. The highest BCUT2D eigenvalue weighted by molar-refractivity contribution is 7.15. The predicted molar refractivity (Wildman–Crippen MR) is 84.5 cm³/mol. The monoisotopic (exact) mass is 305 g/mol. The zero-order valence-electron chi connectivity index (χ0n) is 11.9. The van der Waals surface area contributed by atoms with Crippen molar-refractivity contribution in [3.63, 3.8) is 0 Å². The van der Waals surface area contributed by atoms with Crippen LogP contribution in [0.15, 0.2) is 36.5 Å². The molecule has 21 heavy (non-hydrogen) atoms. The van der Waals surface area contributed by atoms with Gasteiger partial charge in [0.1, 0.15) is 0 Å². The number of aliphatic hydroxyl groups is 1. The fourth-order valence-corrected chi connectivity index (χ4v) is 2.85. The Morgan fingerprint density at radius 1 is 1.38 bits per heavy atom. The number of hydrogen-bond acceptors (Lipinski definition) is 4. The van der Waals surface area contributed by atoms with Crippen LogP contribution >= 0.6 is 11.3 Å². The third-order valence-corrected chi connectivity index (χ3v) is 3.93. The summed E-state index contributed by atoms with van der Waals surface area (Å²) in [5, 5.41) is 15.4. The molecule has 1 aromatic carbocycles. The Balaban J connectivity index is 1.93. The summed E-state index contributed by atoms with van der Waals surface area (Å²) in [4.78, 5) is 17.3. The molecule has 0 aliphatic rings. The van der Waals surface area contributed by atoms with Crippen LogP contribution < -0.4 is 10.6 Å². The fourth-order valence-electron chi connectivity index (χ4n) is 1.94. The first-order chi connectivity index (χ1) is 10.2. The summed E-state index contributed by atoms with van der Waals surface area (Å²) in [7, 11) is 0. The Kier molecular flexibility index (Phi) is 5.71. The van der Waals surface area contributed by atoms with Crippen molar-refractivity contribution in [3.05, 3.63) is 47.0 Å². The lowest BCUT2D eigenvalue weighted by molar-refractivity contribution is 0.225. The second-order valence-corrected chi connectivity index (χ2v) is 5.74. The normalized spacial score (nSPS) is 11.9. The molecule has 0 unspecified atom stereocenters. The molecule has 1 heterocycles. The van der Waals surface area contributed by atoms with Crippen LogP contribution in [0.2, 0.25) is 0 Å². The largest absolute Gasteiger partial charge is 0.394 e. The highest BCUT2D eigenvalue weighted by atomic mass is 32.1. The second-order valence-electron chi connectivity index (χ2n) is 4.63. The van der Waals surface area contributed by atoms with Crippen molar-refractivity contribution in [2.45, 2.75) is 25.8 Å². The molecule has 0 spiro atoms. The highest BCUT2D eigenvalue weighted by Gasteiger charge is 2.14. The van der Waals surface area contributed by atoms with E-state index in [4.69, 9.17) is 0 Å². The van der Waals surface area contributed by atoms with E-state index in [-0.39, 0.29) is 12.6 Å². The molecule has 112 valence electrons. The van der Waals surface area contributed by atoms with Gasteiger partial charge in [-0.05, 0) is 12.0 Å². The Hall–Kier alpha value is -1.92. The number of anilines is 1. The molecule has 0 saturated carbocycles. The number of aliphatic hydroxyl groups excluding tert-OH is 1. The van der Waals surface area contributed by atoms with Crippen molar-refractivity contribution in [3.8, 4) is 0 Å². The molecule has 6 heteroatoms. The van der Waals surface area contributed by atoms with Crippen molar-refractivity contribution >= 4 is 22.5 Å². The number of benzene rings is 1. The van der Waals surface area contributed by atoms with Gasteiger partial charge in [-0.15, -0.1) is 11.3 Å². The van der Waals surface area contributed by atoms with Crippen LogP contribution in [0.5, 0.6) is 0 Å². The van der Waals surface area contributed by atoms with E-state index in [0.717, 1.165) is 23.3 Å². The van der Waals surface area contributed by atoms with E-state index < -0.39 is 6.04 Å². The van der Waals surface area contributed by atoms with Gasteiger partial charge in [0.15, 0.2) is 5.13 Å². The topological polar surface area (TPSA) is 74.2 Å². The molecule has 2 aromatic rings. The summed E-state index contributed by atoms with van der Waals surface area (Å²) in [5.41, 5.74) is 0.862. The van der Waals surface area contributed by atoms with E-state index in [1.54, 1.807) is 6.20 Å². The van der Waals surface area contributed by atoms with Crippen LogP contribution in [-0.2, 0) is 6.42 Å². The van der Waals surface area contributed by atoms with Crippen LogP contribution in [-0.4, -0.2) is 22.7 Å². The quantitative estimate of drug-likeness (QED) is 0.768. The molecule has 0 bridgehead atoms. The zero-order chi connectivity index (χ0) is 15.1. The molecule has 0 aliphatic carbocycles. The van der Waals surface area contributed by atoms with Crippen molar-refractivity contribution < 1.29 is 9.90 Å². The summed E-state index contributed by atoms with van der Waals surface area (Å²) in [5.74, 6) is 0. The van der Waals surface area contributed by atoms with Crippen LogP contribution in [0.25, 0.3) is 0 Å². The first-order valence-electron chi connectivity index (χ1n) is 6.91. The van der Waals surface area contributed by atoms with Gasteiger partial charge in [-0.1, -0.05) is 43.7 Å². The van der Waals surface area contributed by atoms with Crippen molar-refractivity contribution in [2.24, 2.45) is 0 Å². The predicted octanol–water partition coefficient (Wildman–Crippen LogP) is 2.95. The van der Waals surface area contributed by atoms with E-state index in [1.807, 2.05) is 30.3 Å². The molecule has 5 nitrogen and oxygen atoms in total. The lowest BCUT2D eigenvalue weighted by Crippen LogP contribution is -2.34. The minimum atomic E-state index is -0.429. The van der Waals surface area contributed by atoms with Crippen LogP contribution in [0.1, 0.15) is 29.8 Å². The molecule has 0 saturated heterocycles. The van der Waals surface area contributed by atoms with Crippen molar-refractivity contribution in [1.29, 1.82) is 0 Å². The Morgan fingerprint density at radius 2 is 2.14 bits per heavy atom. The van der Waals surface area contributed by atoms with Crippen LogP contribution in [0, 0.1) is 0 Å². The molecule has 1 atom stereocenters. The molecule has 2 amide bonds. The van der Waals surface area contributed by atoms with Crippen molar-refractivity contribution in [2.75, 3.05) is 11.9 Å². The number of amides is 2. The zero-order valence-corrected chi connectivity index (χ0v) is 12.7. The molecule has 0 fully saturated rings. The summed E-state index contributed by atoms with van der Waals surface area (Å²) in [6.07, 6.45) is 3.79. The molecule has 0 aliphatic heterocycles. The molecule has 2 rings (SSSR count). The maximum Gasteiger partial charge on any atom is 0.321 e. The summed E-state index contributed by atoms with van der Waals surface area (Å²) in [6, 6.07) is 8.57. The third kappa shape index (κ3) is 4.54. The summed E-state index contributed by atoms with van der Waals surface area (Å²) < 4.78 is 0. The number of urea groups is 1. The maximum absolute atomic E-state index is 12.0. The standard InChI is InChI=1S/C15H19N3O2S/c1-2-6-12-9-16-15(21-12)18-14(20)17-13(10-19)11-7-4-3-5-8-11/h3-5,7-9,13,19H,2,6,10H2,1H3,(H2,16,17,18,20)/t13-/m1/s1. The van der Waals surface area contributed by atoms with Crippen LogP contribution in [0.3, 0.4) is 0 Å². The number of nitrogens with one attached hydrogen (secondary N) is 2. The first-order valence-corrected chi connectivity index (χ1v) is 7.72. The number of carbonyl (C=O) groups excluding carboxylic acids is 1. The first kappa shape index (κ1) is 15.5. The van der Waals surface area contributed by atoms with Crippen LogP contribution in [0.4, 0.5) is 9.93 Å². The number of nitrogens with zero attached hydrogens (tertiary/aromatic N) is 1. The smallest absolute Gasteiger partial charge is 0.321 e. The molecule has 0 radical (unpaired) electrons. The van der Waals surface area contributed by atoms with Gasteiger partial charge in [0.05, 0.1) is 12.6 Å². The van der Waals surface area contributed by atoms with E-state index in [9.17, 15) is 9.90 Å². The molecular weight excluding hydrogens is 286 g/mol. The number of rotatable bonds is 6. The highest BCUT2D eigenvalue weighted by Crippen LogP contribution is 2.19. The van der Waals surface area contributed by atoms with Gasteiger partial charge in [-0.3, -0.25) is 5.32 Å². The van der Waals surface area contributed by atoms with Gasteiger partial charge < -0.3 is 10.4 Å². The number of thiazole rings is 1. The average Bonchev–Trinajstić information content (AvgIpc) is 2.93. The van der Waals surface area contributed by atoms with Gasteiger partial charge in [0, 0.05) is 11.1 Å². The Labute approximate surface area is 128 Å². The Morgan fingerprint density at radius 3 is 2.81 bits per heavy atom. The second kappa shape index (κ2) is 7.75. The van der Waals surface area contributed by atoms with Gasteiger partial charge >= 0.3 is 6.03 Å². The fraction of sp³-hybridized carbons (Fsp3) is 0.333. The average molecular weight is 305 g/mol. The van der Waals surface area contributed by atoms with Crippen molar-refractivity contribution in [1.82, 2.24) is 10.3 Å². The number of aromatic nitrogens is 1. The molecular formula is C15H19N3O2S. The van der Waals surface area contributed by atoms with E-state index in [1.165, 1.54) is 11.3 Å². The molecule has 3 N–H and O–H groups in total. The number of carbonyl (C=O) groups is 1. The van der Waals surface area contributed by atoms with E-state index in [0.29, 0.717) is 5.13 Å². The van der Waals surface area contributed by atoms with Gasteiger partial charge in [-0.25, -0.2) is 9.78 Å². The summed E-state index contributed by atoms with van der Waals surface area (Å²) in [6.45, 7) is 1.95. The lowest BCUT2D eigenvalue weighted by atomic mass is 10.1. The number of hydrogen-bond donors (Lipinski definition) is 3. The minimum absolute atomic E-state index is 0.156. The minimum Gasteiger partial charge on any atom is -0.394 e. The SMILES string of the molecule is CCCc1cnc(NC(=O)N[C@H](CO)c2ccccc2)s1. The number of aryl methyl sites for hydroxylation is 1. The van der Waals surface area contributed by atoms with Gasteiger partial charge in [0.2, 0.25) is 0 Å². The maximum atomic E-state index is 12.0. The van der Waals surface area contributed by atoms with Gasteiger partial charge in [0.25, 0.3) is 0 Å².